The Morgan fingerprint density at radius 2 is 0.482 bits per heavy atom. The molecule has 17 nitrogen and oxygen atoms in total. The molecule has 2 unspecified atom stereocenters. The molecule has 0 heterocycles. The number of hydrogen-bond donors (Lipinski definition) is 3. The van der Waals surface area contributed by atoms with Gasteiger partial charge >= 0.3 is 39.5 Å². The minimum atomic E-state index is -5.04. The van der Waals surface area contributed by atoms with Gasteiger partial charge in [-0.15, -0.1) is 0 Å². The molecule has 0 aromatic rings. The summed E-state index contributed by atoms with van der Waals surface area (Å²) in [5.41, 5.74) is 0. The lowest BCUT2D eigenvalue weighted by molar-refractivity contribution is -0.161. The van der Waals surface area contributed by atoms with Crippen LogP contribution in [0.2, 0.25) is 0 Å². The van der Waals surface area contributed by atoms with Crippen LogP contribution in [0.5, 0.6) is 0 Å². The van der Waals surface area contributed by atoms with Crippen LogP contribution in [0.1, 0.15) is 272 Å². The van der Waals surface area contributed by atoms with Gasteiger partial charge in [0.25, 0.3) is 0 Å². The smallest absolute Gasteiger partial charge is 0.462 e. The average Bonchev–Trinajstić information content (AvgIpc) is 0.901. The first-order chi connectivity index (χ1) is 55.7. The maximum absolute atomic E-state index is 13.1. The van der Waals surface area contributed by atoms with Crippen molar-refractivity contribution < 1.29 is 80.2 Å². The lowest BCUT2D eigenvalue weighted by Crippen LogP contribution is -2.30. The third-order valence-electron chi connectivity index (χ3n) is 16.3. The summed E-state index contributed by atoms with van der Waals surface area (Å²) in [6.45, 7) is 4.28. The number of phosphoric acid groups is 2. The maximum Gasteiger partial charge on any atom is 0.472 e. The molecule has 638 valence electrons. The van der Waals surface area contributed by atoms with Crippen LogP contribution in [0.25, 0.3) is 0 Å². The Hall–Kier alpha value is -7.14. The highest BCUT2D eigenvalue weighted by atomic mass is 31.2. The minimum absolute atomic E-state index is 0.00369. The van der Waals surface area contributed by atoms with Crippen LogP contribution in [0.3, 0.4) is 0 Å². The van der Waals surface area contributed by atoms with Crippen molar-refractivity contribution in [1.29, 1.82) is 0 Å². The topological polar surface area (TPSA) is 237 Å². The highest BCUT2D eigenvalue weighted by molar-refractivity contribution is 7.47. The van der Waals surface area contributed by atoms with Gasteiger partial charge in [0.1, 0.15) is 19.3 Å². The number of phosphoric ester groups is 2. The number of aliphatic hydroxyl groups excluding tert-OH is 1. The Labute approximate surface area is 688 Å². The number of aliphatic hydroxyl groups is 1. The number of carbonyl (C=O) groups is 4. The van der Waals surface area contributed by atoms with Gasteiger partial charge in [-0.3, -0.25) is 37.3 Å². The number of carbonyl (C=O) groups excluding carboxylic acids is 4. The zero-order valence-electron chi connectivity index (χ0n) is 69.9. The van der Waals surface area contributed by atoms with E-state index in [1.807, 2.05) is 48.6 Å². The largest absolute Gasteiger partial charge is 0.472 e. The summed E-state index contributed by atoms with van der Waals surface area (Å²) in [5, 5.41) is 10.7. The van der Waals surface area contributed by atoms with E-state index in [9.17, 15) is 43.2 Å². The predicted octanol–water partition coefficient (Wildman–Crippen LogP) is 25.6. The third-order valence-corrected chi connectivity index (χ3v) is 18.2. The summed E-state index contributed by atoms with van der Waals surface area (Å²) in [5.74, 6) is -2.51. The van der Waals surface area contributed by atoms with Gasteiger partial charge in [-0.05, 0) is 186 Å². The van der Waals surface area contributed by atoms with Crippen molar-refractivity contribution >= 4 is 39.5 Å². The second kappa shape index (κ2) is 83.8. The van der Waals surface area contributed by atoms with Gasteiger partial charge in [0.2, 0.25) is 0 Å². The molecular formula is C95H146O17P2. The van der Waals surface area contributed by atoms with Gasteiger partial charge in [0.05, 0.1) is 26.4 Å². The van der Waals surface area contributed by atoms with Crippen LogP contribution in [0.4, 0.5) is 0 Å². The van der Waals surface area contributed by atoms with Gasteiger partial charge in [-0.2, -0.15) is 0 Å². The Morgan fingerprint density at radius 1 is 0.254 bits per heavy atom. The lowest BCUT2D eigenvalue weighted by Gasteiger charge is -2.21. The lowest BCUT2D eigenvalue weighted by atomic mass is 10.1. The van der Waals surface area contributed by atoms with Crippen molar-refractivity contribution in [2.75, 3.05) is 39.6 Å². The molecule has 0 spiro atoms. The summed E-state index contributed by atoms with van der Waals surface area (Å²) < 4.78 is 68.5. The molecule has 0 saturated heterocycles. The van der Waals surface area contributed by atoms with Crippen molar-refractivity contribution in [3.63, 3.8) is 0 Å². The molecule has 0 rings (SSSR count). The molecule has 0 saturated carbocycles. The van der Waals surface area contributed by atoms with Crippen molar-refractivity contribution in [1.82, 2.24) is 0 Å². The number of allylic oxidation sites excluding steroid dienone is 40. The molecule has 0 aromatic heterocycles. The Bertz CT molecular complexity index is 3120. The molecule has 0 aliphatic heterocycles. The Kier molecular flexibility index (Phi) is 78.5. The van der Waals surface area contributed by atoms with Crippen LogP contribution in [0, 0.1) is 0 Å². The van der Waals surface area contributed by atoms with E-state index < -0.39 is 97.5 Å². The first kappa shape index (κ1) is 107. The summed E-state index contributed by atoms with van der Waals surface area (Å²) in [7, 11) is -10.1. The molecule has 0 radical (unpaired) electrons. The highest BCUT2D eigenvalue weighted by Crippen LogP contribution is 2.45. The summed E-state index contributed by atoms with van der Waals surface area (Å²) >= 11 is 0. The first-order valence-corrected chi connectivity index (χ1v) is 45.3. The fraction of sp³-hybridized carbons (Fsp3) is 0.537. The predicted molar refractivity (Wildman–Crippen MR) is 472 cm³/mol. The van der Waals surface area contributed by atoms with E-state index in [-0.39, 0.29) is 25.7 Å². The van der Waals surface area contributed by atoms with Crippen LogP contribution < -0.4 is 0 Å². The van der Waals surface area contributed by atoms with Crippen molar-refractivity contribution in [3.05, 3.63) is 243 Å². The molecule has 3 N–H and O–H groups in total. The van der Waals surface area contributed by atoms with Gasteiger partial charge in [-0.25, -0.2) is 9.13 Å². The standard InChI is InChI=1S/C95H146O17P2/c1-5-9-13-17-21-25-29-33-37-41-44-48-51-55-59-63-67-71-75-79-92(97)105-85-90(111-94(99)81-77-73-69-65-61-57-53-47-40-36-32-28-24-20-16-12-8-4)87-109-113(101,102)107-83-89(96)84-108-114(103,104)110-88-91(112-95(100)82-78-74-70-66-62-58-54-50-46-43-39-35-31-27-23-19-15-11-7-3)86-106-93(98)80-76-72-68-64-60-56-52-49-45-42-38-34-30-26-22-18-14-10-6-2/h9,11,13,15,21-28,33-40,44-46,48-50,53,55-60,62,65,68-70,72,74,89-91,96H,5-8,10,12,14,16-20,29-32,41-43,47,51-52,54,61,63-64,66-67,71,73,75-88H2,1-4H3,(H,101,102)(H,103,104)/b13-9-,15-11-,25-21-,26-22-,27-23-,28-24-,37-33-,38-34-,39-35-,40-36-,48-44-,49-45-,50-46-,57-53-,59-55-,60-56-,62-58-,69-65-,72-68-,74-70-/t89-,90-,91-/m1/s1. The van der Waals surface area contributed by atoms with E-state index in [4.69, 9.17) is 37.0 Å². The zero-order chi connectivity index (χ0) is 83.1. The van der Waals surface area contributed by atoms with E-state index in [2.05, 4.69) is 222 Å². The Balaban J connectivity index is 5.64. The number of unbranched alkanes of at least 4 members (excludes halogenated alkanes) is 10. The van der Waals surface area contributed by atoms with E-state index >= 15 is 0 Å². The van der Waals surface area contributed by atoms with Crippen LogP contribution in [0.15, 0.2) is 243 Å². The molecule has 0 bridgehead atoms. The summed E-state index contributed by atoms with van der Waals surface area (Å²) in [6.07, 6.45) is 110. The maximum atomic E-state index is 13.1. The molecule has 0 aromatic carbocycles. The van der Waals surface area contributed by atoms with Crippen LogP contribution in [-0.4, -0.2) is 96.7 Å². The minimum Gasteiger partial charge on any atom is -0.462 e. The molecular weight excluding hydrogens is 1470 g/mol. The number of ether oxygens (including phenoxy) is 4. The van der Waals surface area contributed by atoms with Crippen LogP contribution in [-0.2, 0) is 65.4 Å². The number of esters is 4. The second-order valence-electron chi connectivity index (χ2n) is 26.9. The summed E-state index contributed by atoms with van der Waals surface area (Å²) in [6, 6.07) is 0. The van der Waals surface area contributed by atoms with E-state index in [0.717, 1.165) is 135 Å². The van der Waals surface area contributed by atoms with Gasteiger partial charge < -0.3 is 33.8 Å². The van der Waals surface area contributed by atoms with Gasteiger partial charge in [-0.1, -0.05) is 303 Å². The fourth-order valence-electron chi connectivity index (χ4n) is 9.95. The molecule has 114 heavy (non-hydrogen) atoms. The third kappa shape index (κ3) is 82.8. The fourth-order valence-corrected chi connectivity index (χ4v) is 11.5. The quantitative estimate of drug-likeness (QED) is 0.0169. The van der Waals surface area contributed by atoms with Crippen molar-refractivity contribution in [2.45, 2.75) is 290 Å². The molecule has 0 fully saturated rings. The monoisotopic (exact) mass is 1620 g/mol. The normalized spacial score (nSPS) is 15.0. The van der Waals surface area contributed by atoms with Crippen LogP contribution >= 0.6 is 15.6 Å². The van der Waals surface area contributed by atoms with E-state index in [1.54, 1.807) is 0 Å². The van der Waals surface area contributed by atoms with Crippen molar-refractivity contribution in [3.8, 4) is 0 Å². The zero-order valence-corrected chi connectivity index (χ0v) is 71.7. The molecule has 5 atom stereocenters. The summed E-state index contributed by atoms with van der Waals surface area (Å²) in [4.78, 5) is 73.2. The molecule has 0 aliphatic rings. The molecule has 19 heteroatoms. The molecule has 0 aliphatic carbocycles. The SMILES string of the molecule is CC/C=C\C/C=C\C/C=C\C/C=C\C/C=C\C/C=C\CCC(=O)O[C@H](COC(=O)CC/C=C\C/C=C\C/C=C\C/C=C\C/C=C\CCCCC)COP(=O)(O)OC[C@H](O)COP(=O)(O)OC[C@@H](COC(=O)CCCCC/C=C\C/C=C\C/C=C\C/C=C\C/C=C\CC)OC(=O)CCC/C=C\C/C=C\C/C=C\C/C=C\CCCCC. The van der Waals surface area contributed by atoms with E-state index in [1.165, 1.54) is 38.5 Å². The van der Waals surface area contributed by atoms with Gasteiger partial charge in [0.15, 0.2) is 12.2 Å². The second-order valence-corrected chi connectivity index (χ2v) is 29.8. The molecule has 0 amide bonds. The average molecular weight is 1620 g/mol. The Morgan fingerprint density at radius 3 is 0.781 bits per heavy atom. The van der Waals surface area contributed by atoms with Crippen molar-refractivity contribution in [2.24, 2.45) is 0 Å². The highest BCUT2D eigenvalue weighted by Gasteiger charge is 2.30. The number of rotatable bonds is 76. The van der Waals surface area contributed by atoms with Gasteiger partial charge in [0, 0.05) is 25.7 Å². The van der Waals surface area contributed by atoms with E-state index in [0.29, 0.717) is 44.9 Å². The first-order valence-electron chi connectivity index (χ1n) is 42.3. The number of hydrogen-bond acceptors (Lipinski definition) is 15.